The molecule has 0 saturated carbocycles. The minimum atomic E-state index is -2.22. The molecule has 0 heterocycles. The first-order valence-corrected chi connectivity index (χ1v) is 5.88. The van der Waals surface area contributed by atoms with Crippen molar-refractivity contribution in [1.82, 2.24) is 0 Å². The zero-order valence-electron chi connectivity index (χ0n) is 10.7. The molecule has 1 atom stereocenters. The fourth-order valence-electron chi connectivity index (χ4n) is 1.52. The molecule has 0 bridgehead atoms. The third-order valence-electron chi connectivity index (χ3n) is 2.78. The number of benzene rings is 1. The Labute approximate surface area is 115 Å². The van der Waals surface area contributed by atoms with Gasteiger partial charge < -0.3 is 15.9 Å². The van der Waals surface area contributed by atoms with Crippen LogP contribution in [0, 0.1) is 0 Å². The Balaban J connectivity index is 2.87. The number of carboxylic acid groups (broad SMARTS) is 2. The van der Waals surface area contributed by atoms with Crippen molar-refractivity contribution in [1.29, 1.82) is 0 Å². The van der Waals surface area contributed by atoms with E-state index in [0.717, 1.165) is 6.08 Å². The van der Waals surface area contributed by atoms with Crippen molar-refractivity contribution in [2.24, 2.45) is 5.73 Å². The zero-order chi connectivity index (χ0) is 15.2. The van der Waals surface area contributed by atoms with Gasteiger partial charge >= 0.3 is 11.9 Å². The number of hydrogen-bond donors (Lipinski definition) is 3. The number of carbonyl (C=O) groups excluding carboxylic acids is 1. The van der Waals surface area contributed by atoms with Crippen molar-refractivity contribution < 1.29 is 24.6 Å². The van der Waals surface area contributed by atoms with Crippen LogP contribution >= 0.6 is 0 Å². The summed E-state index contributed by atoms with van der Waals surface area (Å²) >= 11 is 0. The van der Waals surface area contributed by atoms with Crippen LogP contribution in [0.4, 0.5) is 0 Å². The lowest BCUT2D eigenvalue weighted by atomic mass is 9.89. The quantitative estimate of drug-likeness (QED) is 0.503. The van der Waals surface area contributed by atoms with Crippen molar-refractivity contribution in [2.75, 3.05) is 0 Å². The van der Waals surface area contributed by atoms with Crippen molar-refractivity contribution >= 4 is 23.8 Å². The van der Waals surface area contributed by atoms with E-state index in [4.69, 9.17) is 15.9 Å². The molecule has 0 aromatic heterocycles. The lowest BCUT2D eigenvalue weighted by Crippen LogP contribution is -2.54. The molecule has 106 valence electrons. The fourth-order valence-corrected chi connectivity index (χ4v) is 1.52. The number of carbonyl (C=O) groups is 3. The average molecular weight is 277 g/mol. The molecule has 1 rings (SSSR count). The highest BCUT2D eigenvalue weighted by Crippen LogP contribution is 2.14. The molecule has 0 aliphatic carbocycles. The lowest BCUT2D eigenvalue weighted by Gasteiger charge is -2.20. The summed E-state index contributed by atoms with van der Waals surface area (Å²) < 4.78 is 0. The Morgan fingerprint density at radius 1 is 1.15 bits per heavy atom. The maximum Gasteiger partial charge on any atom is 0.331 e. The molecule has 0 fully saturated rings. The maximum atomic E-state index is 11.9. The van der Waals surface area contributed by atoms with Gasteiger partial charge in [0.25, 0.3) is 0 Å². The molecule has 4 N–H and O–H groups in total. The summed E-state index contributed by atoms with van der Waals surface area (Å²) in [4.78, 5) is 33.5. The monoisotopic (exact) mass is 277 g/mol. The highest BCUT2D eigenvalue weighted by molar-refractivity contribution is 6.14. The summed E-state index contributed by atoms with van der Waals surface area (Å²) in [6, 6.07) is 8.80. The fraction of sp³-hybridized carbons (Fsp3) is 0.214. The summed E-state index contributed by atoms with van der Waals surface area (Å²) in [6.45, 7) is 0. The van der Waals surface area contributed by atoms with Crippen molar-refractivity contribution in [3.05, 3.63) is 42.0 Å². The molecule has 0 aliphatic heterocycles. The second kappa shape index (κ2) is 6.63. The van der Waals surface area contributed by atoms with Gasteiger partial charge in [0.05, 0.1) is 0 Å². The predicted molar refractivity (Wildman–Crippen MR) is 71.9 cm³/mol. The highest BCUT2D eigenvalue weighted by atomic mass is 16.4. The number of aliphatic carboxylic acids is 2. The third kappa shape index (κ3) is 4.03. The normalized spacial score (nSPS) is 13.8. The Morgan fingerprint density at radius 3 is 2.25 bits per heavy atom. The first-order valence-electron chi connectivity index (χ1n) is 5.88. The van der Waals surface area contributed by atoms with Crippen LogP contribution in [0.25, 0.3) is 6.08 Å². The summed E-state index contributed by atoms with van der Waals surface area (Å²) in [5.41, 5.74) is 4.03. The van der Waals surface area contributed by atoms with Gasteiger partial charge in [0.1, 0.15) is 0 Å². The molecule has 20 heavy (non-hydrogen) atoms. The van der Waals surface area contributed by atoms with E-state index in [9.17, 15) is 14.4 Å². The number of carboxylic acids is 2. The SMILES string of the molecule is N[C@@](CCC(=O)O)(C(=O)O)C(=O)/C=C/c1ccccc1. The second-order valence-corrected chi connectivity index (χ2v) is 4.28. The Bertz CT molecular complexity index is 538. The van der Waals surface area contributed by atoms with E-state index in [1.54, 1.807) is 30.3 Å². The standard InChI is InChI=1S/C14H15NO5/c15-14(13(19)20,9-8-12(17)18)11(16)7-6-10-4-2-1-3-5-10/h1-7H,8-9,15H2,(H,17,18)(H,19,20)/b7-6+/t14-/m1/s1. The second-order valence-electron chi connectivity index (χ2n) is 4.28. The summed E-state index contributed by atoms with van der Waals surface area (Å²) in [7, 11) is 0. The van der Waals surface area contributed by atoms with E-state index in [-0.39, 0.29) is 0 Å². The predicted octanol–water partition coefficient (Wildman–Crippen LogP) is 0.916. The largest absolute Gasteiger partial charge is 0.481 e. The smallest absolute Gasteiger partial charge is 0.331 e. The van der Waals surface area contributed by atoms with Gasteiger partial charge in [-0.25, -0.2) is 4.79 Å². The van der Waals surface area contributed by atoms with Crippen molar-refractivity contribution in [3.63, 3.8) is 0 Å². The summed E-state index contributed by atoms with van der Waals surface area (Å²) in [5, 5.41) is 17.6. The van der Waals surface area contributed by atoms with Gasteiger partial charge in [0.2, 0.25) is 0 Å². The zero-order valence-corrected chi connectivity index (χ0v) is 10.7. The number of hydrogen-bond acceptors (Lipinski definition) is 4. The van der Waals surface area contributed by atoms with Crippen molar-refractivity contribution in [2.45, 2.75) is 18.4 Å². The van der Waals surface area contributed by atoms with Gasteiger partial charge in [-0.05, 0) is 18.1 Å². The molecule has 0 radical (unpaired) electrons. The van der Waals surface area contributed by atoms with E-state index < -0.39 is 36.1 Å². The molecule has 6 heteroatoms. The molecule has 0 unspecified atom stereocenters. The third-order valence-corrected chi connectivity index (χ3v) is 2.78. The van der Waals surface area contributed by atoms with Gasteiger partial charge in [0.15, 0.2) is 11.3 Å². The van der Waals surface area contributed by atoms with E-state index in [2.05, 4.69) is 0 Å². The Kier molecular flexibility index (Phi) is 5.16. The van der Waals surface area contributed by atoms with Gasteiger partial charge in [-0.1, -0.05) is 36.4 Å². The topological polar surface area (TPSA) is 118 Å². The van der Waals surface area contributed by atoms with E-state index in [1.165, 1.54) is 6.08 Å². The maximum absolute atomic E-state index is 11.9. The Morgan fingerprint density at radius 2 is 1.75 bits per heavy atom. The van der Waals surface area contributed by atoms with Crippen molar-refractivity contribution in [3.8, 4) is 0 Å². The first-order chi connectivity index (χ1) is 9.36. The molecule has 0 aliphatic rings. The van der Waals surface area contributed by atoms with Crippen LogP contribution in [0.3, 0.4) is 0 Å². The van der Waals surface area contributed by atoms with Crippen LogP contribution in [0.5, 0.6) is 0 Å². The van der Waals surface area contributed by atoms with E-state index >= 15 is 0 Å². The average Bonchev–Trinajstić information content (AvgIpc) is 2.42. The first kappa shape index (κ1) is 15.6. The van der Waals surface area contributed by atoms with Crippen LogP contribution in [-0.4, -0.2) is 33.5 Å². The van der Waals surface area contributed by atoms with Gasteiger partial charge in [-0.15, -0.1) is 0 Å². The van der Waals surface area contributed by atoms with E-state index in [1.807, 2.05) is 0 Å². The van der Waals surface area contributed by atoms with Gasteiger partial charge in [-0.2, -0.15) is 0 Å². The number of nitrogens with two attached hydrogens (primary N) is 1. The molecule has 1 aromatic rings. The molecule has 1 aromatic carbocycles. The molecule has 0 saturated heterocycles. The van der Waals surface area contributed by atoms with Crippen LogP contribution in [0.1, 0.15) is 18.4 Å². The minimum absolute atomic E-state index is 0.463. The molecule has 0 amide bonds. The number of ketones is 1. The summed E-state index contributed by atoms with van der Waals surface area (Å²) in [5.74, 6) is -3.59. The molecular formula is C14H15NO5. The van der Waals surface area contributed by atoms with E-state index in [0.29, 0.717) is 5.56 Å². The molecular weight excluding hydrogens is 262 g/mol. The minimum Gasteiger partial charge on any atom is -0.481 e. The van der Waals surface area contributed by atoms with Crippen LogP contribution in [-0.2, 0) is 14.4 Å². The highest BCUT2D eigenvalue weighted by Gasteiger charge is 2.40. The van der Waals surface area contributed by atoms with Crippen LogP contribution in [0.15, 0.2) is 36.4 Å². The number of rotatable bonds is 7. The molecule has 0 spiro atoms. The van der Waals surface area contributed by atoms with Gasteiger partial charge in [0, 0.05) is 6.42 Å². The van der Waals surface area contributed by atoms with Crippen LogP contribution in [0.2, 0.25) is 0 Å². The lowest BCUT2D eigenvalue weighted by molar-refractivity contribution is -0.147. The molecule has 6 nitrogen and oxygen atoms in total. The summed E-state index contributed by atoms with van der Waals surface area (Å²) in [6.07, 6.45) is 1.54. The van der Waals surface area contributed by atoms with Gasteiger partial charge in [-0.3, -0.25) is 9.59 Å². The Hall–Kier alpha value is -2.47. The van der Waals surface area contributed by atoms with Crippen LogP contribution < -0.4 is 5.73 Å².